The molecule has 0 aliphatic heterocycles. The SMILES string of the molecule is CCC(CC)(Nc1ccc(S(=O)(=O)C(F)F)cc1)C(=O)O. The van der Waals surface area contributed by atoms with E-state index in [4.69, 9.17) is 0 Å². The van der Waals surface area contributed by atoms with E-state index < -0.39 is 32.0 Å². The molecule has 1 aromatic carbocycles. The molecular formula is C13H17F2NO4S. The van der Waals surface area contributed by atoms with E-state index >= 15 is 0 Å². The smallest absolute Gasteiger partial charge is 0.341 e. The monoisotopic (exact) mass is 321 g/mol. The average Bonchev–Trinajstić information content (AvgIpc) is 2.44. The highest BCUT2D eigenvalue weighted by atomic mass is 32.2. The summed E-state index contributed by atoms with van der Waals surface area (Å²) in [6, 6.07) is 4.61. The summed E-state index contributed by atoms with van der Waals surface area (Å²) in [6.45, 7) is 3.42. The van der Waals surface area contributed by atoms with Gasteiger partial charge in [0.1, 0.15) is 5.54 Å². The highest BCUT2D eigenvalue weighted by molar-refractivity contribution is 7.91. The molecule has 0 aromatic heterocycles. The molecule has 0 radical (unpaired) electrons. The zero-order chi connectivity index (χ0) is 16.3. The molecule has 5 nitrogen and oxygen atoms in total. The Hall–Kier alpha value is -1.70. The van der Waals surface area contributed by atoms with Gasteiger partial charge in [0, 0.05) is 5.69 Å². The van der Waals surface area contributed by atoms with E-state index in [1.807, 2.05) is 0 Å². The summed E-state index contributed by atoms with van der Waals surface area (Å²) in [5, 5.41) is 12.1. The number of aliphatic carboxylic acids is 1. The number of hydrogen-bond donors (Lipinski definition) is 2. The molecule has 0 heterocycles. The first-order chi connectivity index (χ1) is 9.69. The van der Waals surface area contributed by atoms with Crippen LogP contribution in [0.3, 0.4) is 0 Å². The highest BCUT2D eigenvalue weighted by Crippen LogP contribution is 2.25. The summed E-state index contributed by atoms with van der Waals surface area (Å²) in [5.41, 5.74) is -0.822. The maximum atomic E-state index is 12.4. The van der Waals surface area contributed by atoms with Gasteiger partial charge in [-0.15, -0.1) is 0 Å². The van der Waals surface area contributed by atoms with E-state index in [0.29, 0.717) is 18.5 Å². The van der Waals surface area contributed by atoms with Crippen LogP contribution < -0.4 is 5.32 Å². The van der Waals surface area contributed by atoms with Crippen LogP contribution in [0.2, 0.25) is 0 Å². The van der Waals surface area contributed by atoms with Crippen LogP contribution in [0.4, 0.5) is 14.5 Å². The minimum atomic E-state index is -4.64. The van der Waals surface area contributed by atoms with Gasteiger partial charge in [0.2, 0.25) is 9.84 Å². The van der Waals surface area contributed by atoms with Crippen LogP contribution in [-0.4, -0.2) is 30.8 Å². The van der Waals surface area contributed by atoms with Crippen LogP contribution in [0, 0.1) is 0 Å². The Labute approximate surface area is 121 Å². The molecule has 0 atom stereocenters. The highest BCUT2D eigenvalue weighted by Gasteiger charge is 2.34. The third kappa shape index (κ3) is 3.49. The van der Waals surface area contributed by atoms with E-state index in [0.717, 1.165) is 12.1 Å². The first-order valence-electron chi connectivity index (χ1n) is 6.33. The molecule has 0 aliphatic carbocycles. The van der Waals surface area contributed by atoms with Crippen molar-refractivity contribution in [2.45, 2.75) is 42.9 Å². The van der Waals surface area contributed by atoms with E-state index in [1.165, 1.54) is 12.1 Å². The molecule has 0 spiro atoms. The number of anilines is 1. The molecule has 0 saturated carbocycles. The van der Waals surface area contributed by atoms with Crippen LogP contribution in [0.25, 0.3) is 0 Å². The Morgan fingerprint density at radius 2 is 1.71 bits per heavy atom. The maximum absolute atomic E-state index is 12.4. The second kappa shape index (κ2) is 6.38. The van der Waals surface area contributed by atoms with Crippen molar-refractivity contribution in [2.24, 2.45) is 0 Å². The van der Waals surface area contributed by atoms with Gasteiger partial charge in [-0.3, -0.25) is 0 Å². The van der Waals surface area contributed by atoms with Crippen molar-refractivity contribution in [3.63, 3.8) is 0 Å². The van der Waals surface area contributed by atoms with Gasteiger partial charge in [-0.1, -0.05) is 13.8 Å². The van der Waals surface area contributed by atoms with Gasteiger partial charge < -0.3 is 10.4 Å². The van der Waals surface area contributed by atoms with Crippen LogP contribution >= 0.6 is 0 Å². The fraction of sp³-hybridized carbons (Fsp3) is 0.462. The number of carbonyl (C=O) groups is 1. The molecule has 118 valence electrons. The quantitative estimate of drug-likeness (QED) is 0.807. The number of carboxylic acid groups (broad SMARTS) is 1. The Kier molecular flexibility index (Phi) is 5.27. The Balaban J connectivity index is 3.06. The maximum Gasteiger partial charge on any atom is 0.341 e. The predicted molar refractivity (Wildman–Crippen MR) is 74.2 cm³/mol. The fourth-order valence-electron chi connectivity index (χ4n) is 1.89. The van der Waals surface area contributed by atoms with Gasteiger partial charge >= 0.3 is 11.7 Å². The van der Waals surface area contributed by atoms with Gasteiger partial charge in [0.15, 0.2) is 0 Å². The summed E-state index contributed by atoms with van der Waals surface area (Å²) in [6.07, 6.45) is 0.631. The second-order valence-corrected chi connectivity index (χ2v) is 6.47. The summed E-state index contributed by atoms with van der Waals surface area (Å²) in [7, 11) is -4.64. The Morgan fingerprint density at radius 1 is 1.24 bits per heavy atom. The topological polar surface area (TPSA) is 83.5 Å². The zero-order valence-corrected chi connectivity index (χ0v) is 12.5. The van der Waals surface area contributed by atoms with Crippen molar-refractivity contribution >= 4 is 21.5 Å². The van der Waals surface area contributed by atoms with Crippen molar-refractivity contribution in [2.75, 3.05) is 5.32 Å². The van der Waals surface area contributed by atoms with Gasteiger partial charge in [0.25, 0.3) is 0 Å². The Bertz CT molecular complexity index is 595. The number of benzene rings is 1. The minimum Gasteiger partial charge on any atom is -0.480 e. The largest absolute Gasteiger partial charge is 0.480 e. The number of nitrogens with one attached hydrogen (secondary N) is 1. The van der Waals surface area contributed by atoms with Crippen LogP contribution in [-0.2, 0) is 14.6 Å². The third-order valence-corrected chi connectivity index (χ3v) is 4.82. The molecule has 0 aliphatic rings. The fourth-order valence-corrected chi connectivity index (χ4v) is 2.61. The first kappa shape index (κ1) is 17.4. The molecule has 2 N–H and O–H groups in total. The van der Waals surface area contributed by atoms with E-state index in [1.54, 1.807) is 13.8 Å². The van der Waals surface area contributed by atoms with Crippen molar-refractivity contribution in [3.8, 4) is 0 Å². The number of halogens is 2. The predicted octanol–water partition coefficient (Wildman–Crippen LogP) is 2.74. The Morgan fingerprint density at radius 3 is 2.05 bits per heavy atom. The van der Waals surface area contributed by atoms with Gasteiger partial charge in [-0.05, 0) is 37.1 Å². The van der Waals surface area contributed by atoms with Crippen molar-refractivity contribution in [3.05, 3.63) is 24.3 Å². The first-order valence-corrected chi connectivity index (χ1v) is 7.88. The summed E-state index contributed by atoms with van der Waals surface area (Å²) < 4.78 is 47.4. The normalized spacial score (nSPS) is 12.4. The van der Waals surface area contributed by atoms with Crippen LogP contribution in [0.15, 0.2) is 29.2 Å². The van der Waals surface area contributed by atoms with Gasteiger partial charge in [-0.25, -0.2) is 13.2 Å². The van der Waals surface area contributed by atoms with Crippen molar-refractivity contribution < 1.29 is 27.1 Å². The molecule has 1 rings (SSSR count). The van der Waals surface area contributed by atoms with E-state index in [9.17, 15) is 27.1 Å². The lowest BCUT2D eigenvalue weighted by Gasteiger charge is -2.29. The third-order valence-electron chi connectivity index (χ3n) is 3.42. The zero-order valence-electron chi connectivity index (χ0n) is 11.6. The lowest BCUT2D eigenvalue weighted by Crippen LogP contribution is -2.45. The van der Waals surface area contributed by atoms with Gasteiger partial charge in [0.05, 0.1) is 4.90 Å². The minimum absolute atomic E-state index is 0.315. The van der Waals surface area contributed by atoms with Crippen LogP contribution in [0.1, 0.15) is 26.7 Å². The molecule has 0 fully saturated rings. The van der Waals surface area contributed by atoms with Gasteiger partial charge in [-0.2, -0.15) is 8.78 Å². The molecule has 0 unspecified atom stereocenters. The molecule has 0 amide bonds. The lowest BCUT2D eigenvalue weighted by molar-refractivity contribution is -0.142. The number of alkyl halides is 2. The molecule has 8 heteroatoms. The summed E-state index contributed by atoms with van der Waals surface area (Å²) in [4.78, 5) is 10.8. The van der Waals surface area contributed by atoms with E-state index in [-0.39, 0.29) is 0 Å². The number of sulfone groups is 1. The number of hydrogen-bond acceptors (Lipinski definition) is 4. The lowest BCUT2D eigenvalue weighted by atomic mass is 9.92. The number of rotatable bonds is 7. The summed E-state index contributed by atoms with van der Waals surface area (Å²) >= 11 is 0. The van der Waals surface area contributed by atoms with Crippen LogP contribution in [0.5, 0.6) is 0 Å². The molecular weight excluding hydrogens is 304 g/mol. The van der Waals surface area contributed by atoms with Crippen molar-refractivity contribution in [1.82, 2.24) is 0 Å². The molecule has 21 heavy (non-hydrogen) atoms. The molecule has 1 aromatic rings. The van der Waals surface area contributed by atoms with Crippen molar-refractivity contribution in [1.29, 1.82) is 0 Å². The standard InChI is InChI=1S/C13H17F2NO4S/c1-3-13(4-2,11(17)18)16-9-5-7-10(8-6-9)21(19,20)12(14)15/h5-8,12,16H,3-4H2,1-2H3,(H,17,18). The summed E-state index contributed by atoms with van der Waals surface area (Å²) in [5.74, 6) is -4.52. The molecule has 0 saturated heterocycles. The second-order valence-electron chi connectivity index (χ2n) is 4.55. The van der Waals surface area contributed by atoms with E-state index in [2.05, 4.69) is 5.32 Å². The number of carboxylic acids is 1. The molecule has 0 bridgehead atoms. The average molecular weight is 321 g/mol.